The maximum atomic E-state index is 14.1. The second kappa shape index (κ2) is 8.60. The van der Waals surface area contributed by atoms with Crippen molar-refractivity contribution in [1.29, 1.82) is 0 Å². The van der Waals surface area contributed by atoms with Crippen LogP contribution < -0.4 is 15.2 Å². The molecule has 2 heterocycles. The van der Waals surface area contributed by atoms with Crippen molar-refractivity contribution in [3.05, 3.63) is 48.8 Å². The summed E-state index contributed by atoms with van der Waals surface area (Å²) in [6.45, 7) is 7.95. The summed E-state index contributed by atoms with van der Waals surface area (Å²) in [5.74, 6) is -2.27. The number of hydrogen-bond donors (Lipinski definition) is 2. The predicted octanol–water partition coefficient (Wildman–Crippen LogP) is 4.95. The third kappa shape index (κ3) is 4.74. The average molecular weight is 508 g/mol. The smallest absolute Gasteiger partial charge is 0.283 e. The molecular formula is C22H23F2N5O3S2. The van der Waals surface area contributed by atoms with Gasteiger partial charge in [0.15, 0.2) is 5.13 Å². The van der Waals surface area contributed by atoms with E-state index in [1.54, 1.807) is 13.0 Å². The van der Waals surface area contributed by atoms with Gasteiger partial charge in [-0.3, -0.25) is 0 Å². The number of fused-ring (bicyclic) bond motifs is 3. The zero-order valence-corrected chi connectivity index (χ0v) is 20.3. The van der Waals surface area contributed by atoms with E-state index in [0.717, 1.165) is 4.70 Å². The number of sulfonamides is 1. The van der Waals surface area contributed by atoms with Crippen molar-refractivity contribution in [3.63, 3.8) is 0 Å². The number of primary sulfonamides is 1. The largest absolute Gasteiger partial charge is 0.489 e. The molecule has 0 aliphatic carbocycles. The Labute approximate surface area is 199 Å². The molecule has 3 N–H and O–H groups in total. The Bertz CT molecular complexity index is 1510. The first-order valence-corrected chi connectivity index (χ1v) is 12.6. The second-order valence-electron chi connectivity index (χ2n) is 8.00. The maximum absolute atomic E-state index is 14.1. The zero-order chi connectivity index (χ0) is 24.8. The highest BCUT2D eigenvalue weighted by Gasteiger charge is 2.28. The van der Waals surface area contributed by atoms with Gasteiger partial charge in [-0.05, 0) is 57.2 Å². The molecule has 34 heavy (non-hydrogen) atoms. The molecule has 0 saturated heterocycles. The quantitative estimate of drug-likeness (QED) is 0.326. The first-order chi connectivity index (χ1) is 15.9. The summed E-state index contributed by atoms with van der Waals surface area (Å²) in [7, 11) is -3.94. The average Bonchev–Trinajstić information content (AvgIpc) is 3.28. The van der Waals surface area contributed by atoms with Gasteiger partial charge in [0.2, 0.25) is 10.0 Å². The number of nitrogens with two attached hydrogens (primary N) is 1. The maximum Gasteiger partial charge on any atom is 0.283 e. The van der Waals surface area contributed by atoms with Crippen LogP contribution in [0.2, 0.25) is 0 Å². The van der Waals surface area contributed by atoms with E-state index in [2.05, 4.69) is 21.9 Å². The van der Waals surface area contributed by atoms with Gasteiger partial charge in [0.1, 0.15) is 17.1 Å². The Kier molecular flexibility index (Phi) is 6.08. The van der Waals surface area contributed by atoms with Crippen molar-refractivity contribution in [1.82, 2.24) is 14.5 Å². The van der Waals surface area contributed by atoms with E-state index in [1.807, 2.05) is 19.9 Å². The van der Waals surface area contributed by atoms with Gasteiger partial charge >= 0.3 is 0 Å². The van der Waals surface area contributed by atoms with Gasteiger partial charge in [-0.15, -0.1) is 0 Å². The second-order valence-corrected chi connectivity index (χ2v) is 10.6. The lowest BCUT2D eigenvalue weighted by Gasteiger charge is -2.15. The first-order valence-electron chi connectivity index (χ1n) is 10.3. The minimum Gasteiger partial charge on any atom is -0.489 e. The number of allylic oxidation sites excluding steroid dienone is 1. The summed E-state index contributed by atoms with van der Waals surface area (Å²) in [5, 5.41) is 8.81. The molecule has 0 aliphatic rings. The van der Waals surface area contributed by atoms with Gasteiger partial charge in [0.05, 0.1) is 39.0 Å². The van der Waals surface area contributed by atoms with Crippen molar-refractivity contribution in [2.75, 3.05) is 5.32 Å². The standard InChI is InChI=1S/C22H23F2N5O3S2/c1-5-22(23,24)11-29-13(4)26-15-7-9-18-19(20(15)29)28-21(33-18)27-16-10-14(34(25,30)31)6-8-17(16)32-12(2)3/h5-10,12H,1,11H2,2-4H3,(H,27,28)(H2,25,30,31). The summed E-state index contributed by atoms with van der Waals surface area (Å²) >= 11 is 1.28. The Morgan fingerprint density at radius 3 is 2.68 bits per heavy atom. The number of thiazole rings is 1. The lowest BCUT2D eigenvalue weighted by Crippen LogP contribution is -2.21. The lowest BCUT2D eigenvalue weighted by molar-refractivity contribution is 0.0370. The molecule has 0 aliphatic heterocycles. The van der Waals surface area contributed by atoms with Crippen molar-refractivity contribution in [3.8, 4) is 5.75 Å². The topological polar surface area (TPSA) is 112 Å². The molecule has 0 fully saturated rings. The molecule has 4 aromatic rings. The summed E-state index contributed by atoms with van der Waals surface area (Å²) in [5.41, 5.74) is 1.89. The number of rotatable bonds is 8. The molecule has 0 unspecified atom stereocenters. The number of imidazole rings is 1. The van der Waals surface area contributed by atoms with Crippen LogP contribution in [0.15, 0.2) is 47.9 Å². The number of ether oxygens (including phenoxy) is 1. The zero-order valence-electron chi connectivity index (χ0n) is 18.7. The molecule has 8 nitrogen and oxygen atoms in total. The number of anilines is 2. The third-order valence-corrected chi connectivity index (χ3v) is 6.85. The van der Waals surface area contributed by atoms with Crippen LogP contribution >= 0.6 is 11.3 Å². The third-order valence-electron chi connectivity index (χ3n) is 5.01. The number of alkyl halides is 2. The monoisotopic (exact) mass is 507 g/mol. The fourth-order valence-corrected chi connectivity index (χ4v) is 4.92. The van der Waals surface area contributed by atoms with Crippen molar-refractivity contribution < 1.29 is 21.9 Å². The molecule has 0 saturated carbocycles. The summed E-state index contributed by atoms with van der Waals surface area (Å²) < 4.78 is 59.9. The van der Waals surface area contributed by atoms with E-state index in [-0.39, 0.29) is 11.0 Å². The molecule has 12 heteroatoms. The molecule has 0 atom stereocenters. The first kappa shape index (κ1) is 24.0. The van der Waals surface area contributed by atoms with Gasteiger partial charge in [0, 0.05) is 0 Å². The Balaban J connectivity index is 1.83. The minimum atomic E-state index is -3.94. The summed E-state index contributed by atoms with van der Waals surface area (Å²) in [4.78, 5) is 8.93. The van der Waals surface area contributed by atoms with E-state index in [4.69, 9.17) is 9.88 Å². The molecule has 4 rings (SSSR count). The highest BCUT2D eigenvalue weighted by atomic mass is 32.2. The molecule has 180 valence electrons. The van der Waals surface area contributed by atoms with Gasteiger partial charge in [-0.2, -0.15) is 0 Å². The van der Waals surface area contributed by atoms with Crippen LogP contribution in [0.4, 0.5) is 19.6 Å². The minimum absolute atomic E-state index is 0.0880. The van der Waals surface area contributed by atoms with Gasteiger partial charge in [-0.25, -0.2) is 32.3 Å². The van der Waals surface area contributed by atoms with Gasteiger partial charge in [-0.1, -0.05) is 17.9 Å². The lowest BCUT2D eigenvalue weighted by atomic mass is 10.2. The molecular weight excluding hydrogens is 484 g/mol. The predicted molar refractivity (Wildman–Crippen MR) is 130 cm³/mol. The fourth-order valence-electron chi connectivity index (χ4n) is 3.50. The number of nitrogens with zero attached hydrogens (tertiary/aromatic N) is 3. The van der Waals surface area contributed by atoms with Crippen LogP contribution in [-0.2, 0) is 16.6 Å². The normalized spacial score (nSPS) is 12.6. The van der Waals surface area contributed by atoms with Crippen LogP contribution in [0.25, 0.3) is 21.3 Å². The van der Waals surface area contributed by atoms with E-state index in [0.29, 0.717) is 45.0 Å². The highest BCUT2D eigenvalue weighted by Crippen LogP contribution is 2.37. The van der Waals surface area contributed by atoms with Crippen LogP contribution in [0.5, 0.6) is 5.75 Å². The van der Waals surface area contributed by atoms with E-state index in [1.165, 1.54) is 34.1 Å². The van der Waals surface area contributed by atoms with Crippen molar-refractivity contribution >= 4 is 53.4 Å². The van der Waals surface area contributed by atoms with E-state index < -0.39 is 22.5 Å². The SMILES string of the molecule is C=CC(F)(F)Cn1c(C)nc2ccc3sc(Nc4cc(S(N)(=O)=O)ccc4OC(C)C)nc3c21. The Hall–Kier alpha value is -3.09. The van der Waals surface area contributed by atoms with Crippen LogP contribution in [0.3, 0.4) is 0 Å². The number of aryl methyl sites for hydroxylation is 1. The summed E-state index contributed by atoms with van der Waals surface area (Å²) in [6.07, 6.45) is 0.445. The van der Waals surface area contributed by atoms with Gasteiger partial charge < -0.3 is 14.6 Å². The van der Waals surface area contributed by atoms with E-state index in [9.17, 15) is 17.2 Å². The Morgan fingerprint density at radius 2 is 2.03 bits per heavy atom. The number of benzene rings is 2. The number of aromatic nitrogens is 3. The molecule has 0 bridgehead atoms. The van der Waals surface area contributed by atoms with Crippen molar-refractivity contribution in [2.45, 2.75) is 44.2 Å². The molecule has 0 amide bonds. The molecule has 0 spiro atoms. The molecule has 2 aromatic heterocycles. The number of nitrogens with one attached hydrogen (secondary N) is 1. The van der Waals surface area contributed by atoms with E-state index >= 15 is 0 Å². The van der Waals surface area contributed by atoms with Crippen LogP contribution in [0.1, 0.15) is 19.7 Å². The fraction of sp³-hybridized carbons (Fsp3) is 0.273. The van der Waals surface area contributed by atoms with Gasteiger partial charge in [0.25, 0.3) is 5.92 Å². The van der Waals surface area contributed by atoms with Crippen LogP contribution in [-0.4, -0.2) is 35.0 Å². The van der Waals surface area contributed by atoms with Crippen LogP contribution in [0, 0.1) is 6.92 Å². The van der Waals surface area contributed by atoms with Crippen molar-refractivity contribution in [2.24, 2.45) is 5.14 Å². The molecule has 0 radical (unpaired) electrons. The number of halogens is 2. The Morgan fingerprint density at radius 1 is 1.29 bits per heavy atom. The highest BCUT2D eigenvalue weighted by molar-refractivity contribution is 7.89. The number of hydrogen-bond acceptors (Lipinski definition) is 7. The molecule has 2 aromatic carbocycles. The summed E-state index contributed by atoms with van der Waals surface area (Å²) in [6, 6.07) is 7.82.